The third-order valence-corrected chi connectivity index (χ3v) is 5.94. The van der Waals surface area contributed by atoms with E-state index in [-0.39, 0.29) is 11.3 Å². The topological polar surface area (TPSA) is 29.5 Å². The lowest BCUT2D eigenvalue weighted by Gasteiger charge is -2.40. The molecule has 0 saturated carbocycles. The van der Waals surface area contributed by atoms with Crippen LogP contribution in [-0.4, -0.2) is 31.0 Å². The number of fused-ring (bicyclic) bond motifs is 1. The number of nitrogens with zero attached hydrogens (tertiary/aromatic N) is 1. The molecule has 1 aromatic rings. The van der Waals surface area contributed by atoms with Crippen molar-refractivity contribution in [1.82, 2.24) is 0 Å². The van der Waals surface area contributed by atoms with Crippen molar-refractivity contribution in [3.8, 4) is 0 Å². The minimum absolute atomic E-state index is 0.144. The maximum Gasteiger partial charge on any atom is 0.227 e. The van der Waals surface area contributed by atoms with Gasteiger partial charge < -0.3 is 9.64 Å². The number of benzene rings is 1. The number of carbonyl (C=O) groups excluding carboxylic acids is 1. The molecule has 4 heteroatoms. The largest absolute Gasteiger partial charge is 0.381 e. The first-order valence-electron chi connectivity index (χ1n) is 7.76. The molecule has 0 atom stereocenters. The van der Waals surface area contributed by atoms with Crippen molar-refractivity contribution in [3.05, 3.63) is 29.8 Å². The number of alkyl halides is 1. The molecule has 0 spiro atoms. The molecule has 1 fully saturated rings. The highest BCUT2D eigenvalue weighted by Crippen LogP contribution is 2.37. The Morgan fingerprint density at radius 3 is 2.71 bits per heavy atom. The fourth-order valence-electron chi connectivity index (χ4n) is 3.33. The summed E-state index contributed by atoms with van der Waals surface area (Å²) in [4.78, 5) is 14.6. The number of hydrogen-bond donors (Lipinski definition) is 0. The number of halogens is 1. The average Bonchev–Trinajstić information content (AvgIpc) is 2.68. The predicted molar refractivity (Wildman–Crippen MR) is 88.0 cm³/mol. The Hall–Kier alpha value is -0.870. The van der Waals surface area contributed by atoms with Gasteiger partial charge in [0.2, 0.25) is 5.91 Å². The molecule has 0 aromatic heterocycles. The summed E-state index contributed by atoms with van der Waals surface area (Å²) in [6, 6.07) is 8.36. The van der Waals surface area contributed by atoms with Gasteiger partial charge in [0, 0.05) is 42.6 Å². The molecule has 1 amide bonds. The molecule has 2 aliphatic heterocycles. The lowest BCUT2D eigenvalue weighted by Crippen LogP contribution is -2.45. The van der Waals surface area contributed by atoms with Gasteiger partial charge in [-0.3, -0.25) is 4.79 Å². The summed E-state index contributed by atoms with van der Waals surface area (Å²) < 4.78 is 5.51. The SMILES string of the molecule is O=C1CCCc2ccccc2N1CC1(CBr)CCOCC1. The van der Waals surface area contributed by atoms with Crippen LogP contribution in [0.25, 0.3) is 0 Å². The molecular weight excluding hydrogens is 330 g/mol. The molecule has 114 valence electrons. The number of aryl methyl sites for hydroxylation is 1. The number of amides is 1. The molecule has 1 saturated heterocycles. The van der Waals surface area contributed by atoms with E-state index in [1.54, 1.807) is 0 Å². The fourth-order valence-corrected chi connectivity index (χ4v) is 4.07. The Bertz CT molecular complexity index is 511. The van der Waals surface area contributed by atoms with Gasteiger partial charge in [0.15, 0.2) is 0 Å². The zero-order chi connectivity index (χ0) is 14.7. The van der Waals surface area contributed by atoms with Crippen molar-refractivity contribution in [1.29, 1.82) is 0 Å². The number of ether oxygens (including phenoxy) is 1. The van der Waals surface area contributed by atoms with Crippen molar-refractivity contribution in [2.75, 3.05) is 30.0 Å². The minimum atomic E-state index is 0.144. The predicted octanol–water partition coefficient (Wildman–Crippen LogP) is 3.55. The molecule has 21 heavy (non-hydrogen) atoms. The number of carbonyl (C=O) groups is 1. The van der Waals surface area contributed by atoms with Gasteiger partial charge in [-0.25, -0.2) is 0 Å². The Kier molecular flexibility index (Phi) is 4.65. The van der Waals surface area contributed by atoms with Crippen LogP contribution in [0, 0.1) is 5.41 Å². The second-order valence-electron chi connectivity index (χ2n) is 6.21. The molecule has 3 nitrogen and oxygen atoms in total. The Morgan fingerprint density at radius 2 is 1.95 bits per heavy atom. The second-order valence-corrected chi connectivity index (χ2v) is 6.77. The molecule has 0 unspecified atom stereocenters. The van der Waals surface area contributed by atoms with E-state index in [0.29, 0.717) is 6.42 Å². The maximum atomic E-state index is 12.6. The normalized spacial score (nSPS) is 21.8. The highest BCUT2D eigenvalue weighted by atomic mass is 79.9. The van der Waals surface area contributed by atoms with Crippen LogP contribution in [-0.2, 0) is 16.0 Å². The average molecular weight is 352 g/mol. The summed E-state index contributed by atoms with van der Waals surface area (Å²) in [6.45, 7) is 2.40. The first kappa shape index (κ1) is 15.0. The minimum Gasteiger partial charge on any atom is -0.381 e. The van der Waals surface area contributed by atoms with Gasteiger partial charge in [-0.1, -0.05) is 34.1 Å². The standard InChI is InChI=1S/C17H22BrNO2/c18-12-17(8-10-21-11-9-17)13-19-15-6-2-1-4-14(15)5-3-7-16(19)20/h1-2,4,6H,3,5,7-13H2. The van der Waals surface area contributed by atoms with Gasteiger partial charge in [0.25, 0.3) is 0 Å². The number of rotatable bonds is 3. The summed E-state index contributed by atoms with van der Waals surface area (Å²) in [7, 11) is 0. The molecular formula is C17H22BrNO2. The Morgan fingerprint density at radius 1 is 1.19 bits per heavy atom. The summed E-state index contributed by atoms with van der Waals surface area (Å²) in [6.07, 6.45) is 4.65. The van der Waals surface area contributed by atoms with E-state index in [4.69, 9.17) is 4.74 Å². The molecule has 0 N–H and O–H groups in total. The van der Waals surface area contributed by atoms with Gasteiger partial charge in [-0.05, 0) is 37.3 Å². The van der Waals surface area contributed by atoms with E-state index in [9.17, 15) is 4.79 Å². The monoisotopic (exact) mass is 351 g/mol. The third kappa shape index (κ3) is 3.16. The van der Waals surface area contributed by atoms with E-state index < -0.39 is 0 Å². The van der Waals surface area contributed by atoms with Gasteiger partial charge in [0.1, 0.15) is 0 Å². The van der Waals surface area contributed by atoms with Gasteiger partial charge in [0.05, 0.1) is 0 Å². The summed E-state index contributed by atoms with van der Waals surface area (Å²) in [5.41, 5.74) is 2.57. The van der Waals surface area contributed by atoms with Gasteiger partial charge in [-0.15, -0.1) is 0 Å². The van der Waals surface area contributed by atoms with E-state index in [1.807, 2.05) is 11.0 Å². The highest BCUT2D eigenvalue weighted by Gasteiger charge is 2.36. The van der Waals surface area contributed by atoms with Crippen molar-refractivity contribution in [2.24, 2.45) is 5.41 Å². The first-order chi connectivity index (χ1) is 10.2. The van der Waals surface area contributed by atoms with Gasteiger partial charge >= 0.3 is 0 Å². The molecule has 3 rings (SSSR count). The van der Waals surface area contributed by atoms with Crippen LogP contribution in [0.2, 0.25) is 0 Å². The number of anilines is 1. The first-order valence-corrected chi connectivity index (χ1v) is 8.88. The lowest BCUT2D eigenvalue weighted by atomic mass is 9.81. The number of hydrogen-bond acceptors (Lipinski definition) is 2. The van der Waals surface area contributed by atoms with Crippen molar-refractivity contribution in [2.45, 2.75) is 32.1 Å². The van der Waals surface area contributed by atoms with Crippen LogP contribution < -0.4 is 4.90 Å². The van der Waals surface area contributed by atoms with Crippen LogP contribution in [0.4, 0.5) is 5.69 Å². The maximum absolute atomic E-state index is 12.6. The van der Waals surface area contributed by atoms with E-state index in [0.717, 1.165) is 56.5 Å². The smallest absolute Gasteiger partial charge is 0.227 e. The zero-order valence-electron chi connectivity index (χ0n) is 12.3. The van der Waals surface area contributed by atoms with Crippen LogP contribution in [0.5, 0.6) is 0 Å². The third-order valence-electron chi connectivity index (χ3n) is 4.75. The van der Waals surface area contributed by atoms with Crippen LogP contribution in [0.1, 0.15) is 31.2 Å². The molecule has 0 bridgehead atoms. The molecule has 2 heterocycles. The summed E-state index contributed by atoms with van der Waals surface area (Å²) >= 11 is 3.68. The van der Waals surface area contributed by atoms with E-state index >= 15 is 0 Å². The van der Waals surface area contributed by atoms with Crippen molar-refractivity contribution >= 4 is 27.5 Å². The van der Waals surface area contributed by atoms with Crippen LogP contribution in [0.3, 0.4) is 0 Å². The van der Waals surface area contributed by atoms with Crippen molar-refractivity contribution < 1.29 is 9.53 Å². The summed E-state index contributed by atoms with van der Waals surface area (Å²) in [5.74, 6) is 0.270. The van der Waals surface area contributed by atoms with Crippen LogP contribution >= 0.6 is 15.9 Å². The highest BCUT2D eigenvalue weighted by molar-refractivity contribution is 9.09. The molecule has 0 radical (unpaired) electrons. The molecule has 0 aliphatic carbocycles. The van der Waals surface area contributed by atoms with E-state index in [1.165, 1.54) is 5.56 Å². The Balaban J connectivity index is 1.90. The second kappa shape index (κ2) is 6.49. The quantitative estimate of drug-likeness (QED) is 0.779. The van der Waals surface area contributed by atoms with Crippen LogP contribution in [0.15, 0.2) is 24.3 Å². The lowest BCUT2D eigenvalue weighted by molar-refractivity contribution is -0.119. The Labute approximate surface area is 134 Å². The van der Waals surface area contributed by atoms with E-state index in [2.05, 4.69) is 34.1 Å². The summed E-state index contributed by atoms with van der Waals surface area (Å²) in [5, 5.41) is 0.926. The number of para-hydroxylation sites is 1. The molecule has 2 aliphatic rings. The fraction of sp³-hybridized carbons (Fsp3) is 0.588. The zero-order valence-corrected chi connectivity index (χ0v) is 13.9. The van der Waals surface area contributed by atoms with Gasteiger partial charge in [-0.2, -0.15) is 0 Å². The van der Waals surface area contributed by atoms with Crippen molar-refractivity contribution in [3.63, 3.8) is 0 Å². The molecule has 1 aromatic carbocycles.